The number of hydrogen-bond donors (Lipinski definition) is 1. The fourth-order valence-corrected chi connectivity index (χ4v) is 1.66. The van der Waals surface area contributed by atoms with Crippen molar-refractivity contribution in [3.63, 3.8) is 0 Å². The predicted octanol–water partition coefficient (Wildman–Crippen LogP) is 1.22. The van der Waals surface area contributed by atoms with Crippen LogP contribution in [0.5, 0.6) is 0 Å². The fraction of sp³-hybridized carbons (Fsp3) is 0.818. The number of amides is 1. The van der Waals surface area contributed by atoms with Gasteiger partial charge in [0.05, 0.1) is 6.07 Å². The molecule has 1 N–H and O–H groups in total. The van der Waals surface area contributed by atoms with Gasteiger partial charge in [-0.3, -0.25) is 4.79 Å². The normalized spacial score (nSPS) is 22.4. The SMILES string of the molecule is CC(C)CC(C#N)NC(=O)C1CCCO1. The maximum Gasteiger partial charge on any atom is 0.250 e. The predicted molar refractivity (Wildman–Crippen MR) is 56.0 cm³/mol. The third kappa shape index (κ3) is 3.88. The molecule has 0 saturated carbocycles. The van der Waals surface area contributed by atoms with Crippen LogP contribution in [0.1, 0.15) is 33.1 Å². The standard InChI is InChI=1S/C11H18N2O2/c1-8(2)6-9(7-12)13-11(14)10-4-3-5-15-10/h8-10H,3-6H2,1-2H3,(H,13,14). The molecule has 0 bridgehead atoms. The minimum atomic E-state index is -0.387. The monoisotopic (exact) mass is 210 g/mol. The summed E-state index contributed by atoms with van der Waals surface area (Å²) in [6.07, 6.45) is 2.05. The van der Waals surface area contributed by atoms with E-state index in [4.69, 9.17) is 10.00 Å². The van der Waals surface area contributed by atoms with Gasteiger partial charge in [-0.2, -0.15) is 5.26 Å². The number of nitriles is 1. The molecule has 0 radical (unpaired) electrons. The van der Waals surface area contributed by atoms with Crippen molar-refractivity contribution >= 4 is 5.91 Å². The van der Waals surface area contributed by atoms with Crippen LogP contribution in [0.25, 0.3) is 0 Å². The fourth-order valence-electron chi connectivity index (χ4n) is 1.66. The van der Waals surface area contributed by atoms with E-state index >= 15 is 0 Å². The van der Waals surface area contributed by atoms with E-state index in [0.29, 0.717) is 18.9 Å². The van der Waals surface area contributed by atoms with Crippen molar-refractivity contribution in [2.24, 2.45) is 5.92 Å². The summed E-state index contributed by atoms with van der Waals surface area (Å²) in [6.45, 7) is 4.71. The van der Waals surface area contributed by atoms with Crippen LogP contribution in [0.2, 0.25) is 0 Å². The van der Waals surface area contributed by atoms with Gasteiger partial charge in [0.25, 0.3) is 0 Å². The van der Waals surface area contributed by atoms with Crippen molar-refractivity contribution in [2.45, 2.75) is 45.3 Å². The van der Waals surface area contributed by atoms with Gasteiger partial charge < -0.3 is 10.1 Å². The molecule has 2 atom stereocenters. The minimum absolute atomic E-state index is 0.139. The Morgan fingerprint density at radius 1 is 1.67 bits per heavy atom. The molecule has 0 spiro atoms. The molecule has 1 fully saturated rings. The highest BCUT2D eigenvalue weighted by Crippen LogP contribution is 2.12. The Morgan fingerprint density at radius 2 is 2.40 bits per heavy atom. The van der Waals surface area contributed by atoms with Crippen molar-refractivity contribution in [3.05, 3.63) is 0 Å². The molecule has 4 heteroatoms. The highest BCUT2D eigenvalue weighted by Gasteiger charge is 2.25. The highest BCUT2D eigenvalue weighted by molar-refractivity contribution is 5.81. The topological polar surface area (TPSA) is 62.1 Å². The second kappa shape index (κ2) is 5.72. The summed E-state index contributed by atoms with van der Waals surface area (Å²) in [7, 11) is 0. The van der Waals surface area contributed by atoms with E-state index in [2.05, 4.69) is 11.4 Å². The number of hydrogen-bond acceptors (Lipinski definition) is 3. The van der Waals surface area contributed by atoms with E-state index in [1.807, 2.05) is 13.8 Å². The molecular formula is C11H18N2O2. The second-order valence-corrected chi connectivity index (χ2v) is 4.32. The van der Waals surface area contributed by atoms with Crippen LogP contribution in [0.3, 0.4) is 0 Å². The molecule has 1 saturated heterocycles. The van der Waals surface area contributed by atoms with Crippen molar-refractivity contribution in [1.82, 2.24) is 5.32 Å². The van der Waals surface area contributed by atoms with Gasteiger partial charge in [-0.1, -0.05) is 13.8 Å². The van der Waals surface area contributed by atoms with E-state index in [-0.39, 0.29) is 18.1 Å². The van der Waals surface area contributed by atoms with Gasteiger partial charge in [0.15, 0.2) is 0 Å². The molecule has 84 valence electrons. The Bertz CT molecular complexity index is 252. The number of carbonyl (C=O) groups excluding carboxylic acids is 1. The summed E-state index contributed by atoms with van der Waals surface area (Å²) in [4.78, 5) is 11.6. The largest absolute Gasteiger partial charge is 0.368 e. The minimum Gasteiger partial charge on any atom is -0.368 e. The lowest BCUT2D eigenvalue weighted by atomic mass is 10.0. The molecule has 15 heavy (non-hydrogen) atoms. The van der Waals surface area contributed by atoms with E-state index in [0.717, 1.165) is 12.8 Å². The van der Waals surface area contributed by atoms with Gasteiger partial charge in [0, 0.05) is 6.61 Å². The summed E-state index contributed by atoms with van der Waals surface area (Å²) >= 11 is 0. The van der Waals surface area contributed by atoms with E-state index in [9.17, 15) is 4.79 Å². The second-order valence-electron chi connectivity index (χ2n) is 4.32. The van der Waals surface area contributed by atoms with Crippen LogP contribution >= 0.6 is 0 Å². The maximum absolute atomic E-state index is 11.6. The van der Waals surface area contributed by atoms with E-state index < -0.39 is 0 Å². The van der Waals surface area contributed by atoms with Crippen LogP contribution < -0.4 is 5.32 Å². The summed E-state index contributed by atoms with van der Waals surface area (Å²) < 4.78 is 5.24. The lowest BCUT2D eigenvalue weighted by Crippen LogP contribution is -2.41. The molecule has 0 aromatic rings. The van der Waals surface area contributed by atoms with E-state index in [1.165, 1.54) is 0 Å². The maximum atomic E-state index is 11.6. The van der Waals surface area contributed by atoms with Crippen LogP contribution in [-0.2, 0) is 9.53 Å². The molecule has 1 aliphatic heterocycles. The summed E-state index contributed by atoms with van der Waals surface area (Å²) in [5, 5.41) is 11.6. The Balaban J connectivity index is 2.37. The van der Waals surface area contributed by atoms with Crippen LogP contribution in [0.4, 0.5) is 0 Å². The number of nitrogens with zero attached hydrogens (tertiary/aromatic N) is 1. The average Bonchev–Trinajstić information content (AvgIpc) is 2.68. The molecular weight excluding hydrogens is 192 g/mol. The lowest BCUT2D eigenvalue weighted by Gasteiger charge is -2.16. The van der Waals surface area contributed by atoms with Crippen molar-refractivity contribution in [2.75, 3.05) is 6.61 Å². The summed E-state index contributed by atoms with van der Waals surface area (Å²) in [5.41, 5.74) is 0. The van der Waals surface area contributed by atoms with Crippen molar-refractivity contribution in [1.29, 1.82) is 5.26 Å². The molecule has 1 heterocycles. The highest BCUT2D eigenvalue weighted by atomic mass is 16.5. The van der Waals surface area contributed by atoms with Crippen LogP contribution in [0, 0.1) is 17.2 Å². The number of ether oxygens (including phenoxy) is 1. The molecule has 2 unspecified atom stereocenters. The van der Waals surface area contributed by atoms with Gasteiger partial charge in [0.1, 0.15) is 12.1 Å². The first-order valence-electron chi connectivity index (χ1n) is 5.45. The van der Waals surface area contributed by atoms with Crippen molar-refractivity contribution in [3.8, 4) is 6.07 Å². The Labute approximate surface area is 90.6 Å². The van der Waals surface area contributed by atoms with Crippen molar-refractivity contribution < 1.29 is 9.53 Å². The van der Waals surface area contributed by atoms with Gasteiger partial charge in [0.2, 0.25) is 5.91 Å². The molecule has 0 aromatic carbocycles. The first-order chi connectivity index (χ1) is 7.13. The smallest absolute Gasteiger partial charge is 0.250 e. The quantitative estimate of drug-likeness (QED) is 0.758. The third-order valence-electron chi connectivity index (χ3n) is 2.40. The first-order valence-corrected chi connectivity index (χ1v) is 5.45. The third-order valence-corrected chi connectivity index (χ3v) is 2.40. The van der Waals surface area contributed by atoms with Crippen LogP contribution in [0.15, 0.2) is 0 Å². The van der Waals surface area contributed by atoms with Crippen LogP contribution in [-0.4, -0.2) is 24.7 Å². The zero-order valence-electron chi connectivity index (χ0n) is 9.32. The molecule has 1 aliphatic rings. The average molecular weight is 210 g/mol. The molecule has 0 aliphatic carbocycles. The molecule has 1 amide bonds. The Morgan fingerprint density at radius 3 is 2.87 bits per heavy atom. The Kier molecular flexibility index (Phi) is 4.57. The molecule has 4 nitrogen and oxygen atoms in total. The number of rotatable bonds is 4. The van der Waals surface area contributed by atoms with Gasteiger partial charge in [-0.15, -0.1) is 0 Å². The Hall–Kier alpha value is -1.08. The molecule has 0 aromatic heterocycles. The van der Waals surface area contributed by atoms with Gasteiger partial charge in [-0.25, -0.2) is 0 Å². The van der Waals surface area contributed by atoms with E-state index in [1.54, 1.807) is 0 Å². The van der Waals surface area contributed by atoms with Gasteiger partial charge >= 0.3 is 0 Å². The lowest BCUT2D eigenvalue weighted by molar-refractivity contribution is -0.130. The number of carbonyl (C=O) groups is 1. The number of nitrogens with one attached hydrogen (secondary N) is 1. The molecule has 1 rings (SSSR count). The summed E-state index contributed by atoms with van der Waals surface area (Å²) in [5.74, 6) is 0.263. The summed E-state index contributed by atoms with van der Waals surface area (Å²) in [6, 6.07) is 1.71. The van der Waals surface area contributed by atoms with Gasteiger partial charge in [-0.05, 0) is 25.2 Å². The zero-order valence-corrected chi connectivity index (χ0v) is 9.32. The first kappa shape index (κ1) is 12.0. The zero-order chi connectivity index (χ0) is 11.3.